The van der Waals surface area contributed by atoms with E-state index in [0.29, 0.717) is 10.6 Å². The minimum absolute atomic E-state index is 0.557. The summed E-state index contributed by atoms with van der Waals surface area (Å²) in [6.07, 6.45) is 3.82. The van der Waals surface area contributed by atoms with E-state index in [-0.39, 0.29) is 0 Å². The highest BCUT2D eigenvalue weighted by Gasteiger charge is 2.12. The number of para-hydroxylation sites is 1. The van der Waals surface area contributed by atoms with E-state index < -0.39 is 0 Å². The molecule has 0 aliphatic heterocycles. The predicted molar refractivity (Wildman–Crippen MR) is 114 cm³/mol. The van der Waals surface area contributed by atoms with E-state index in [1.54, 1.807) is 12.1 Å². The van der Waals surface area contributed by atoms with Crippen LogP contribution in [0.15, 0.2) is 91.1 Å². The maximum atomic E-state index is 9.72. The fourth-order valence-corrected chi connectivity index (χ4v) is 3.12. The molecule has 0 saturated heterocycles. The Morgan fingerprint density at radius 1 is 0.893 bits per heavy atom. The molecule has 0 N–H and O–H groups in total. The van der Waals surface area contributed by atoms with Crippen LogP contribution in [0.5, 0.6) is 0 Å². The van der Waals surface area contributed by atoms with Crippen molar-refractivity contribution >= 4 is 23.3 Å². The van der Waals surface area contributed by atoms with E-state index in [1.165, 1.54) is 0 Å². The van der Waals surface area contributed by atoms with Gasteiger partial charge < -0.3 is 0 Å². The Hall–Kier alpha value is -3.61. The molecule has 0 aliphatic rings. The molecule has 0 unspecified atom stereocenters. The smallest absolute Gasteiger partial charge is 0.1000 e. The molecule has 0 radical (unpaired) electrons. The van der Waals surface area contributed by atoms with Crippen LogP contribution >= 0.6 is 11.6 Å². The number of hydrogen-bond acceptors (Lipinski definition) is 2. The van der Waals surface area contributed by atoms with Crippen molar-refractivity contribution in [3.63, 3.8) is 0 Å². The van der Waals surface area contributed by atoms with Gasteiger partial charge in [-0.25, -0.2) is 4.68 Å². The van der Waals surface area contributed by atoms with E-state index in [4.69, 9.17) is 16.7 Å². The minimum Gasteiger partial charge on any atom is -0.240 e. The van der Waals surface area contributed by atoms with Gasteiger partial charge in [-0.15, -0.1) is 0 Å². The monoisotopic (exact) mass is 381 g/mol. The van der Waals surface area contributed by atoms with E-state index in [1.807, 2.05) is 89.8 Å². The lowest BCUT2D eigenvalue weighted by atomic mass is 10.0. The Morgan fingerprint density at radius 3 is 2.18 bits per heavy atom. The summed E-state index contributed by atoms with van der Waals surface area (Å²) < 4.78 is 1.84. The molecule has 0 bridgehead atoms. The first-order chi connectivity index (χ1) is 13.7. The molecule has 1 heterocycles. The van der Waals surface area contributed by atoms with Gasteiger partial charge in [0, 0.05) is 22.3 Å². The lowest BCUT2D eigenvalue weighted by Crippen LogP contribution is -1.93. The number of aromatic nitrogens is 2. The zero-order valence-corrected chi connectivity index (χ0v) is 15.7. The Labute approximate surface area is 168 Å². The number of hydrogen-bond donors (Lipinski definition) is 0. The Morgan fingerprint density at radius 2 is 1.54 bits per heavy atom. The molecule has 0 atom stereocenters. The van der Waals surface area contributed by atoms with Crippen molar-refractivity contribution in [2.45, 2.75) is 0 Å². The second kappa shape index (κ2) is 7.96. The van der Waals surface area contributed by atoms with Crippen LogP contribution in [0, 0.1) is 11.3 Å². The maximum absolute atomic E-state index is 9.72. The molecule has 4 heteroatoms. The zero-order chi connectivity index (χ0) is 19.3. The molecule has 3 aromatic carbocycles. The van der Waals surface area contributed by atoms with Crippen molar-refractivity contribution in [3.8, 4) is 23.0 Å². The topological polar surface area (TPSA) is 41.6 Å². The van der Waals surface area contributed by atoms with Crippen LogP contribution in [0.25, 0.3) is 28.6 Å². The SMILES string of the molecule is N#C/C(=C\c1cn(-c2ccccc2)nc1-c1ccccc1)c1ccc(Cl)cc1. The van der Waals surface area contributed by atoms with Crippen molar-refractivity contribution in [3.05, 3.63) is 107 Å². The summed E-state index contributed by atoms with van der Waals surface area (Å²) in [4.78, 5) is 0. The fourth-order valence-electron chi connectivity index (χ4n) is 2.99. The maximum Gasteiger partial charge on any atom is 0.1000 e. The van der Waals surface area contributed by atoms with Crippen molar-refractivity contribution in [2.75, 3.05) is 0 Å². The van der Waals surface area contributed by atoms with Crippen LogP contribution < -0.4 is 0 Å². The van der Waals surface area contributed by atoms with Gasteiger partial charge in [0.05, 0.1) is 23.0 Å². The molecular formula is C24H16ClN3. The quantitative estimate of drug-likeness (QED) is 0.391. The van der Waals surface area contributed by atoms with Gasteiger partial charge in [-0.2, -0.15) is 10.4 Å². The Kier molecular flexibility index (Phi) is 5.05. The molecule has 0 fully saturated rings. The molecule has 0 spiro atoms. The van der Waals surface area contributed by atoms with Gasteiger partial charge in [0.25, 0.3) is 0 Å². The normalized spacial score (nSPS) is 11.2. The third kappa shape index (κ3) is 3.73. The highest BCUT2D eigenvalue weighted by Crippen LogP contribution is 2.28. The fraction of sp³-hybridized carbons (Fsp3) is 0. The summed E-state index contributed by atoms with van der Waals surface area (Å²) in [7, 11) is 0. The summed E-state index contributed by atoms with van der Waals surface area (Å²) >= 11 is 5.98. The number of benzene rings is 3. The molecule has 4 rings (SSSR count). The lowest BCUT2D eigenvalue weighted by Gasteiger charge is -2.01. The third-order valence-electron chi connectivity index (χ3n) is 4.39. The average Bonchev–Trinajstić information content (AvgIpc) is 3.18. The number of nitrogens with zero attached hydrogens (tertiary/aromatic N) is 3. The van der Waals surface area contributed by atoms with Gasteiger partial charge in [0.15, 0.2) is 0 Å². The molecular weight excluding hydrogens is 366 g/mol. The second-order valence-electron chi connectivity index (χ2n) is 6.26. The highest BCUT2D eigenvalue weighted by molar-refractivity contribution is 6.30. The molecule has 3 nitrogen and oxygen atoms in total. The molecule has 28 heavy (non-hydrogen) atoms. The summed E-state index contributed by atoms with van der Waals surface area (Å²) in [5.74, 6) is 0. The van der Waals surface area contributed by atoms with Gasteiger partial charge in [-0.3, -0.25) is 0 Å². The standard InChI is InChI=1S/C24H16ClN3/c25-22-13-11-18(12-14-22)20(16-26)15-21-17-28(23-9-5-2-6-10-23)27-24(21)19-7-3-1-4-8-19/h1-15,17H/b20-15+. The highest BCUT2D eigenvalue weighted by atomic mass is 35.5. The summed E-state index contributed by atoms with van der Waals surface area (Å²) in [5, 5.41) is 15.1. The van der Waals surface area contributed by atoms with Crippen molar-refractivity contribution < 1.29 is 0 Å². The van der Waals surface area contributed by atoms with E-state index in [2.05, 4.69) is 6.07 Å². The van der Waals surface area contributed by atoms with Gasteiger partial charge >= 0.3 is 0 Å². The van der Waals surface area contributed by atoms with Gasteiger partial charge in [0.2, 0.25) is 0 Å². The number of rotatable bonds is 4. The number of halogens is 1. The predicted octanol–water partition coefficient (Wildman–Crippen LogP) is 6.26. The first kappa shape index (κ1) is 17.8. The number of nitriles is 1. The molecule has 4 aromatic rings. The second-order valence-corrected chi connectivity index (χ2v) is 6.69. The first-order valence-corrected chi connectivity index (χ1v) is 9.20. The molecule has 0 amide bonds. The van der Waals surface area contributed by atoms with Crippen molar-refractivity contribution in [1.82, 2.24) is 9.78 Å². The number of allylic oxidation sites excluding steroid dienone is 1. The third-order valence-corrected chi connectivity index (χ3v) is 4.64. The summed E-state index contributed by atoms with van der Waals surface area (Å²) in [6.45, 7) is 0. The van der Waals surface area contributed by atoms with Crippen LogP contribution in [0.3, 0.4) is 0 Å². The average molecular weight is 382 g/mol. The van der Waals surface area contributed by atoms with Crippen LogP contribution in [-0.4, -0.2) is 9.78 Å². The van der Waals surface area contributed by atoms with E-state index in [9.17, 15) is 5.26 Å². The van der Waals surface area contributed by atoms with Crippen LogP contribution in [0.4, 0.5) is 0 Å². The van der Waals surface area contributed by atoms with Gasteiger partial charge in [-0.1, -0.05) is 72.3 Å². The van der Waals surface area contributed by atoms with Gasteiger partial charge in [-0.05, 0) is 35.9 Å². The lowest BCUT2D eigenvalue weighted by molar-refractivity contribution is 0.884. The summed E-state index contributed by atoms with van der Waals surface area (Å²) in [5.41, 5.74) is 5.04. The van der Waals surface area contributed by atoms with E-state index >= 15 is 0 Å². The Balaban J connectivity index is 1.86. The van der Waals surface area contributed by atoms with Crippen LogP contribution in [0.1, 0.15) is 11.1 Å². The van der Waals surface area contributed by atoms with Crippen molar-refractivity contribution in [2.24, 2.45) is 0 Å². The van der Waals surface area contributed by atoms with Crippen LogP contribution in [0.2, 0.25) is 5.02 Å². The Bertz CT molecular complexity index is 1150. The molecule has 134 valence electrons. The molecule has 1 aromatic heterocycles. The molecule has 0 saturated carbocycles. The zero-order valence-electron chi connectivity index (χ0n) is 15.0. The van der Waals surface area contributed by atoms with Gasteiger partial charge in [0.1, 0.15) is 0 Å². The van der Waals surface area contributed by atoms with Crippen LogP contribution in [-0.2, 0) is 0 Å². The first-order valence-electron chi connectivity index (χ1n) is 8.83. The van der Waals surface area contributed by atoms with Crippen molar-refractivity contribution in [1.29, 1.82) is 5.26 Å². The van der Waals surface area contributed by atoms with E-state index in [0.717, 1.165) is 28.1 Å². The summed E-state index contributed by atoms with van der Waals surface area (Å²) in [6, 6.07) is 29.5. The minimum atomic E-state index is 0.557. The molecule has 0 aliphatic carbocycles. The largest absolute Gasteiger partial charge is 0.240 e.